The van der Waals surface area contributed by atoms with Crippen LogP contribution in [0.25, 0.3) is 0 Å². The van der Waals surface area contributed by atoms with Crippen molar-refractivity contribution >= 4 is 5.91 Å². The second-order valence-electron chi connectivity index (χ2n) is 6.40. The first-order valence-corrected chi connectivity index (χ1v) is 7.87. The van der Waals surface area contributed by atoms with E-state index in [-0.39, 0.29) is 17.7 Å². The molecule has 2 aliphatic rings. The van der Waals surface area contributed by atoms with Crippen molar-refractivity contribution in [2.24, 2.45) is 11.8 Å². The predicted octanol–water partition coefficient (Wildman–Crippen LogP) is 2.01. The fourth-order valence-corrected chi connectivity index (χ4v) is 3.19. The highest BCUT2D eigenvalue weighted by Crippen LogP contribution is 2.30. The van der Waals surface area contributed by atoms with Crippen LogP contribution in [0.5, 0.6) is 0 Å². The van der Waals surface area contributed by atoms with Gasteiger partial charge in [-0.25, -0.2) is 4.98 Å². The average molecular weight is 331 g/mol. The van der Waals surface area contributed by atoms with E-state index in [0.717, 1.165) is 19.0 Å². The van der Waals surface area contributed by atoms with Gasteiger partial charge in [0.1, 0.15) is 11.9 Å². The van der Waals surface area contributed by atoms with Gasteiger partial charge in [-0.15, -0.1) is 0 Å². The quantitative estimate of drug-likeness (QED) is 0.922. The zero-order chi connectivity index (χ0) is 16.6. The number of aromatic nitrogens is 2. The molecule has 0 saturated carbocycles. The number of halogens is 3. The van der Waals surface area contributed by atoms with Gasteiger partial charge >= 0.3 is 6.18 Å². The van der Waals surface area contributed by atoms with Gasteiger partial charge in [-0.3, -0.25) is 4.79 Å². The van der Waals surface area contributed by atoms with Gasteiger partial charge in [-0.1, -0.05) is 6.92 Å². The van der Waals surface area contributed by atoms with E-state index in [2.05, 4.69) is 10.3 Å². The van der Waals surface area contributed by atoms with Gasteiger partial charge in [0, 0.05) is 32.3 Å². The number of carbonyl (C=O) groups is 1. The van der Waals surface area contributed by atoms with E-state index in [4.69, 9.17) is 4.74 Å². The highest BCUT2D eigenvalue weighted by Gasteiger charge is 2.36. The molecular weight excluding hydrogens is 311 g/mol. The third kappa shape index (κ3) is 3.52. The molecule has 0 radical (unpaired) electrons. The first kappa shape index (κ1) is 16.3. The lowest BCUT2D eigenvalue weighted by molar-refractivity contribution is -0.141. The summed E-state index contributed by atoms with van der Waals surface area (Å²) in [6.07, 6.45) is -1.67. The minimum atomic E-state index is -4.41. The zero-order valence-electron chi connectivity index (χ0n) is 12.9. The van der Waals surface area contributed by atoms with Crippen LogP contribution >= 0.6 is 0 Å². The molecule has 0 aromatic carbocycles. The lowest BCUT2D eigenvalue weighted by Gasteiger charge is -2.24. The second-order valence-corrected chi connectivity index (χ2v) is 6.40. The monoisotopic (exact) mass is 331 g/mol. The van der Waals surface area contributed by atoms with Crippen LogP contribution in [-0.2, 0) is 28.7 Å². The first-order valence-electron chi connectivity index (χ1n) is 7.87. The summed E-state index contributed by atoms with van der Waals surface area (Å²) in [4.78, 5) is 15.7. The molecule has 1 amide bonds. The molecule has 5 nitrogen and oxygen atoms in total. The third-order valence-corrected chi connectivity index (χ3v) is 4.59. The molecule has 23 heavy (non-hydrogen) atoms. The molecule has 1 saturated heterocycles. The molecule has 3 rings (SSSR count). The minimum absolute atomic E-state index is 0.110. The third-order valence-electron chi connectivity index (χ3n) is 4.59. The van der Waals surface area contributed by atoms with Gasteiger partial charge in [-0.05, 0) is 24.7 Å². The van der Waals surface area contributed by atoms with Crippen LogP contribution in [0.1, 0.15) is 31.3 Å². The molecule has 128 valence electrons. The number of ether oxygens (including phenoxy) is 1. The fourth-order valence-electron chi connectivity index (χ4n) is 3.19. The minimum Gasteiger partial charge on any atom is -0.368 e. The SMILES string of the molecule is C[C@@H]1CCO[C@H]1C(=O)NC[C@@H]1CCc2nc(C(F)(F)F)cn2C1. The van der Waals surface area contributed by atoms with Gasteiger partial charge in [-0.2, -0.15) is 13.2 Å². The summed E-state index contributed by atoms with van der Waals surface area (Å²) < 4.78 is 45.0. The van der Waals surface area contributed by atoms with Crippen molar-refractivity contribution in [1.82, 2.24) is 14.9 Å². The molecular formula is C15H20F3N3O2. The Balaban J connectivity index is 1.55. The van der Waals surface area contributed by atoms with Gasteiger partial charge < -0.3 is 14.6 Å². The molecule has 1 aromatic rings. The zero-order valence-corrected chi connectivity index (χ0v) is 12.9. The Morgan fingerprint density at radius 1 is 1.48 bits per heavy atom. The first-order chi connectivity index (χ1) is 10.8. The number of imidazole rings is 1. The molecule has 3 atom stereocenters. The van der Waals surface area contributed by atoms with Gasteiger partial charge in [0.2, 0.25) is 5.91 Å². The summed E-state index contributed by atoms with van der Waals surface area (Å²) in [5.41, 5.74) is -0.842. The number of alkyl halides is 3. The molecule has 0 spiro atoms. The molecule has 1 aromatic heterocycles. The van der Waals surface area contributed by atoms with Crippen molar-refractivity contribution in [1.29, 1.82) is 0 Å². The Labute approximate surface area is 132 Å². The number of hydrogen-bond donors (Lipinski definition) is 1. The highest BCUT2D eigenvalue weighted by atomic mass is 19.4. The van der Waals surface area contributed by atoms with Crippen molar-refractivity contribution in [3.63, 3.8) is 0 Å². The predicted molar refractivity (Wildman–Crippen MR) is 75.6 cm³/mol. The molecule has 2 aliphatic heterocycles. The number of amides is 1. The van der Waals surface area contributed by atoms with Crippen molar-refractivity contribution < 1.29 is 22.7 Å². The van der Waals surface area contributed by atoms with Crippen molar-refractivity contribution in [3.8, 4) is 0 Å². The molecule has 0 unspecified atom stereocenters. The number of fused-ring (bicyclic) bond motifs is 1. The number of hydrogen-bond acceptors (Lipinski definition) is 3. The number of aryl methyl sites for hydroxylation is 1. The number of nitrogens with one attached hydrogen (secondary N) is 1. The largest absolute Gasteiger partial charge is 0.434 e. The van der Waals surface area contributed by atoms with Crippen LogP contribution in [-0.4, -0.2) is 34.7 Å². The number of rotatable bonds is 3. The van der Waals surface area contributed by atoms with Crippen LogP contribution in [0.3, 0.4) is 0 Å². The maximum absolute atomic E-state index is 12.7. The molecule has 3 heterocycles. The summed E-state index contributed by atoms with van der Waals surface area (Å²) in [5, 5.41) is 2.87. The smallest absolute Gasteiger partial charge is 0.368 e. The summed E-state index contributed by atoms with van der Waals surface area (Å²) in [7, 11) is 0. The lowest BCUT2D eigenvalue weighted by Crippen LogP contribution is -2.41. The van der Waals surface area contributed by atoms with Crippen LogP contribution < -0.4 is 5.32 Å². The van der Waals surface area contributed by atoms with Gasteiger partial charge in [0.05, 0.1) is 0 Å². The standard InChI is InChI=1S/C15H20F3N3O2/c1-9-4-5-23-13(9)14(22)19-6-10-2-3-12-20-11(15(16,17)18)8-21(12)7-10/h8-10,13H,2-7H2,1H3,(H,19,22)/t9-,10+,13-/m1/s1. The van der Waals surface area contributed by atoms with Crippen LogP contribution in [0.15, 0.2) is 6.20 Å². The Morgan fingerprint density at radius 3 is 2.91 bits per heavy atom. The summed E-state index contributed by atoms with van der Waals surface area (Å²) >= 11 is 0. The Bertz CT molecular complexity index is 585. The summed E-state index contributed by atoms with van der Waals surface area (Å²) in [5.74, 6) is 0.657. The van der Waals surface area contributed by atoms with E-state index >= 15 is 0 Å². The van der Waals surface area contributed by atoms with Crippen molar-refractivity contribution in [2.45, 2.75) is 45.0 Å². The molecule has 1 fully saturated rings. The topological polar surface area (TPSA) is 56.1 Å². The fraction of sp³-hybridized carbons (Fsp3) is 0.733. The van der Waals surface area contributed by atoms with E-state index in [9.17, 15) is 18.0 Å². The number of nitrogens with zero attached hydrogens (tertiary/aromatic N) is 2. The summed E-state index contributed by atoms with van der Waals surface area (Å²) in [6, 6.07) is 0. The average Bonchev–Trinajstić information content (AvgIpc) is 3.09. The Hall–Kier alpha value is -1.57. The maximum Gasteiger partial charge on any atom is 0.434 e. The van der Waals surface area contributed by atoms with Gasteiger partial charge in [0.25, 0.3) is 0 Å². The Kier molecular flexibility index (Phi) is 4.35. The molecule has 8 heteroatoms. The van der Waals surface area contributed by atoms with E-state index in [0.29, 0.717) is 31.9 Å². The van der Waals surface area contributed by atoms with E-state index in [1.165, 1.54) is 0 Å². The number of carbonyl (C=O) groups excluding carboxylic acids is 1. The lowest BCUT2D eigenvalue weighted by atomic mass is 9.98. The normalized spacial score (nSPS) is 27.7. The second kappa shape index (κ2) is 6.14. The van der Waals surface area contributed by atoms with E-state index in [1.807, 2.05) is 6.92 Å². The van der Waals surface area contributed by atoms with Crippen molar-refractivity contribution in [2.75, 3.05) is 13.2 Å². The van der Waals surface area contributed by atoms with Crippen LogP contribution in [0, 0.1) is 11.8 Å². The van der Waals surface area contributed by atoms with E-state index < -0.39 is 18.0 Å². The van der Waals surface area contributed by atoms with E-state index in [1.54, 1.807) is 4.57 Å². The Morgan fingerprint density at radius 2 is 2.26 bits per heavy atom. The van der Waals surface area contributed by atoms with Crippen LogP contribution in [0.4, 0.5) is 13.2 Å². The van der Waals surface area contributed by atoms with Crippen molar-refractivity contribution in [3.05, 3.63) is 17.7 Å². The molecule has 0 bridgehead atoms. The van der Waals surface area contributed by atoms with Gasteiger partial charge in [0.15, 0.2) is 5.69 Å². The maximum atomic E-state index is 12.7. The van der Waals surface area contributed by atoms with Crippen LogP contribution in [0.2, 0.25) is 0 Å². The summed E-state index contributed by atoms with van der Waals surface area (Å²) in [6.45, 7) is 3.47. The molecule has 1 N–H and O–H groups in total. The molecule has 0 aliphatic carbocycles. The highest BCUT2D eigenvalue weighted by molar-refractivity contribution is 5.81.